The van der Waals surface area contributed by atoms with Gasteiger partial charge in [0, 0.05) is 18.7 Å². The van der Waals surface area contributed by atoms with Crippen molar-refractivity contribution in [2.45, 2.75) is 39.7 Å². The van der Waals surface area contributed by atoms with E-state index in [-0.39, 0.29) is 24.9 Å². The Labute approximate surface area is 148 Å². The highest BCUT2D eigenvalue weighted by molar-refractivity contribution is 5.81. The molecule has 6 nitrogen and oxygen atoms in total. The number of carbonyl (C=O) groups excluding carboxylic acids is 1. The van der Waals surface area contributed by atoms with Crippen molar-refractivity contribution in [3.8, 4) is 0 Å². The third-order valence-corrected chi connectivity index (χ3v) is 4.12. The number of carboxylic acid groups (broad SMARTS) is 1. The molecule has 1 N–H and O–H groups in total. The van der Waals surface area contributed by atoms with Gasteiger partial charge in [0.1, 0.15) is 6.54 Å². The van der Waals surface area contributed by atoms with Crippen LogP contribution in [-0.4, -0.2) is 44.8 Å². The van der Waals surface area contributed by atoms with Gasteiger partial charge in [-0.25, -0.2) is 0 Å². The van der Waals surface area contributed by atoms with E-state index in [9.17, 15) is 9.59 Å². The fraction of sp³-hybridized carbons (Fsp3) is 0.421. The van der Waals surface area contributed by atoms with Crippen molar-refractivity contribution in [2.24, 2.45) is 0 Å². The number of aliphatic carboxylic acids is 1. The molecule has 1 aromatic carbocycles. The first-order chi connectivity index (χ1) is 11.9. The number of carboxylic acids is 1. The molecule has 1 heterocycles. The zero-order chi connectivity index (χ0) is 18.4. The van der Waals surface area contributed by atoms with Gasteiger partial charge in [-0.15, -0.1) is 0 Å². The zero-order valence-electron chi connectivity index (χ0n) is 15.0. The Kier molecular flexibility index (Phi) is 6.33. The quantitative estimate of drug-likeness (QED) is 0.799. The van der Waals surface area contributed by atoms with Crippen molar-refractivity contribution in [3.63, 3.8) is 0 Å². The molecule has 0 aliphatic rings. The van der Waals surface area contributed by atoms with Gasteiger partial charge in [0.2, 0.25) is 5.91 Å². The fourth-order valence-electron chi connectivity index (χ4n) is 2.92. The van der Waals surface area contributed by atoms with Crippen molar-refractivity contribution < 1.29 is 14.7 Å². The first-order valence-electron chi connectivity index (χ1n) is 8.43. The van der Waals surface area contributed by atoms with Crippen LogP contribution < -0.4 is 0 Å². The number of rotatable bonds is 8. The van der Waals surface area contributed by atoms with Gasteiger partial charge < -0.3 is 10.0 Å². The second kappa shape index (κ2) is 8.46. The second-order valence-electron chi connectivity index (χ2n) is 6.37. The lowest BCUT2D eigenvalue weighted by Gasteiger charge is -2.23. The van der Waals surface area contributed by atoms with E-state index in [1.165, 1.54) is 4.90 Å². The standard InChI is InChI=1S/C19H25N3O3/c1-14-11-15(2)22(20-14)16(3)12-18(23)21(13-19(24)25)10-9-17-7-5-4-6-8-17/h4-8,11,16H,9-10,12-13H2,1-3H3,(H,24,25). The molecular formula is C19H25N3O3. The van der Waals surface area contributed by atoms with E-state index in [1.54, 1.807) is 0 Å². The van der Waals surface area contributed by atoms with Crippen LogP contribution in [0.1, 0.15) is 36.3 Å². The summed E-state index contributed by atoms with van der Waals surface area (Å²) in [5.74, 6) is -1.17. The van der Waals surface area contributed by atoms with Crippen molar-refractivity contribution in [1.82, 2.24) is 14.7 Å². The lowest BCUT2D eigenvalue weighted by atomic mass is 10.1. The topological polar surface area (TPSA) is 75.4 Å². The zero-order valence-corrected chi connectivity index (χ0v) is 15.0. The molecular weight excluding hydrogens is 318 g/mol. The minimum atomic E-state index is -1.000. The van der Waals surface area contributed by atoms with E-state index >= 15 is 0 Å². The highest BCUT2D eigenvalue weighted by atomic mass is 16.4. The Morgan fingerprint density at radius 2 is 1.92 bits per heavy atom. The number of nitrogens with zero attached hydrogens (tertiary/aromatic N) is 3. The lowest BCUT2D eigenvalue weighted by Crippen LogP contribution is -2.38. The maximum absolute atomic E-state index is 12.6. The van der Waals surface area contributed by atoms with Crippen LogP contribution in [0.4, 0.5) is 0 Å². The molecule has 0 fully saturated rings. The molecule has 0 aliphatic carbocycles. The van der Waals surface area contributed by atoms with Gasteiger partial charge in [-0.1, -0.05) is 30.3 Å². The van der Waals surface area contributed by atoms with Crippen LogP contribution >= 0.6 is 0 Å². The lowest BCUT2D eigenvalue weighted by molar-refractivity contribution is -0.144. The minimum Gasteiger partial charge on any atom is -0.480 e. The van der Waals surface area contributed by atoms with Crippen LogP contribution in [0.25, 0.3) is 0 Å². The Bertz CT molecular complexity index is 725. The molecule has 2 aromatic rings. The van der Waals surface area contributed by atoms with Crippen LogP contribution in [0.15, 0.2) is 36.4 Å². The Hall–Kier alpha value is -2.63. The molecule has 0 bridgehead atoms. The Morgan fingerprint density at radius 1 is 1.24 bits per heavy atom. The number of aryl methyl sites for hydroxylation is 2. The van der Waals surface area contributed by atoms with Crippen LogP contribution in [0, 0.1) is 13.8 Å². The number of carbonyl (C=O) groups is 2. The summed E-state index contributed by atoms with van der Waals surface area (Å²) in [6.07, 6.45) is 0.859. The van der Waals surface area contributed by atoms with Crippen LogP contribution in [0.3, 0.4) is 0 Å². The van der Waals surface area contributed by atoms with E-state index < -0.39 is 5.97 Å². The van der Waals surface area contributed by atoms with E-state index in [1.807, 2.05) is 61.9 Å². The molecule has 0 aliphatic heterocycles. The summed E-state index contributed by atoms with van der Waals surface area (Å²) in [5, 5.41) is 13.5. The number of benzene rings is 1. The summed E-state index contributed by atoms with van der Waals surface area (Å²) in [7, 11) is 0. The van der Waals surface area contributed by atoms with E-state index in [0.29, 0.717) is 13.0 Å². The summed E-state index contributed by atoms with van der Waals surface area (Å²) >= 11 is 0. The number of hydrogen-bond donors (Lipinski definition) is 1. The van der Waals surface area contributed by atoms with E-state index in [0.717, 1.165) is 17.0 Å². The number of aromatic nitrogens is 2. The minimum absolute atomic E-state index is 0.116. The molecule has 25 heavy (non-hydrogen) atoms. The largest absolute Gasteiger partial charge is 0.480 e. The average Bonchev–Trinajstić information content (AvgIpc) is 2.90. The SMILES string of the molecule is Cc1cc(C)n(C(C)CC(=O)N(CCc2ccccc2)CC(=O)O)n1. The molecule has 1 amide bonds. The van der Waals surface area contributed by atoms with Gasteiger partial charge in [-0.3, -0.25) is 14.3 Å². The number of amides is 1. The van der Waals surface area contributed by atoms with Crippen LogP contribution in [0.2, 0.25) is 0 Å². The normalized spacial score (nSPS) is 12.0. The maximum Gasteiger partial charge on any atom is 0.323 e. The molecule has 134 valence electrons. The second-order valence-corrected chi connectivity index (χ2v) is 6.37. The highest BCUT2D eigenvalue weighted by Gasteiger charge is 2.21. The first kappa shape index (κ1) is 18.7. The molecule has 1 atom stereocenters. The highest BCUT2D eigenvalue weighted by Crippen LogP contribution is 2.16. The molecule has 0 saturated heterocycles. The Balaban J connectivity index is 2.02. The summed E-state index contributed by atoms with van der Waals surface area (Å²) in [6, 6.07) is 11.6. The molecule has 1 aromatic heterocycles. The van der Waals surface area contributed by atoms with Crippen molar-refractivity contribution in [3.05, 3.63) is 53.3 Å². The molecule has 0 radical (unpaired) electrons. The smallest absolute Gasteiger partial charge is 0.323 e. The van der Waals surface area contributed by atoms with E-state index in [4.69, 9.17) is 5.11 Å². The molecule has 0 saturated carbocycles. The third kappa shape index (κ3) is 5.45. The van der Waals surface area contributed by atoms with Crippen molar-refractivity contribution in [2.75, 3.05) is 13.1 Å². The molecule has 0 spiro atoms. The molecule has 6 heteroatoms. The third-order valence-electron chi connectivity index (χ3n) is 4.12. The van der Waals surface area contributed by atoms with E-state index in [2.05, 4.69) is 5.10 Å². The predicted octanol–water partition coefficient (Wildman–Crippen LogP) is 2.61. The average molecular weight is 343 g/mol. The summed E-state index contributed by atoms with van der Waals surface area (Å²) in [5.41, 5.74) is 2.98. The van der Waals surface area contributed by atoms with Gasteiger partial charge in [0.15, 0.2) is 0 Å². The van der Waals surface area contributed by atoms with Gasteiger partial charge in [-0.2, -0.15) is 5.10 Å². The van der Waals surface area contributed by atoms with Crippen molar-refractivity contribution >= 4 is 11.9 Å². The van der Waals surface area contributed by atoms with Crippen molar-refractivity contribution in [1.29, 1.82) is 0 Å². The maximum atomic E-state index is 12.6. The van der Waals surface area contributed by atoms with Gasteiger partial charge in [0.05, 0.1) is 11.7 Å². The molecule has 2 rings (SSSR count). The van der Waals surface area contributed by atoms with Gasteiger partial charge in [-0.05, 0) is 38.8 Å². The molecule has 1 unspecified atom stereocenters. The number of hydrogen-bond acceptors (Lipinski definition) is 3. The monoisotopic (exact) mass is 343 g/mol. The first-order valence-corrected chi connectivity index (χ1v) is 8.43. The summed E-state index contributed by atoms with van der Waals surface area (Å²) in [6.45, 7) is 5.89. The van der Waals surface area contributed by atoms with Crippen LogP contribution in [0.5, 0.6) is 0 Å². The van der Waals surface area contributed by atoms with Gasteiger partial charge in [0.25, 0.3) is 0 Å². The fourth-order valence-corrected chi connectivity index (χ4v) is 2.92. The predicted molar refractivity (Wildman–Crippen MR) is 95.4 cm³/mol. The van der Waals surface area contributed by atoms with Gasteiger partial charge >= 0.3 is 5.97 Å². The Morgan fingerprint density at radius 3 is 2.48 bits per heavy atom. The summed E-state index contributed by atoms with van der Waals surface area (Å²) < 4.78 is 1.82. The summed E-state index contributed by atoms with van der Waals surface area (Å²) in [4.78, 5) is 25.2. The van der Waals surface area contributed by atoms with Crippen LogP contribution in [-0.2, 0) is 16.0 Å².